The van der Waals surface area contributed by atoms with Crippen LogP contribution in [-0.4, -0.2) is 32.4 Å². The quantitative estimate of drug-likeness (QED) is 0.616. The first-order chi connectivity index (χ1) is 6.41. The zero-order chi connectivity index (χ0) is 10.4. The van der Waals surface area contributed by atoms with Crippen molar-refractivity contribution in [1.82, 2.24) is 0 Å². The van der Waals surface area contributed by atoms with Gasteiger partial charge in [0.1, 0.15) is 0 Å². The third-order valence-electron chi connectivity index (χ3n) is 3.33. The van der Waals surface area contributed by atoms with Gasteiger partial charge in [-0.25, -0.2) is 16.8 Å². The van der Waals surface area contributed by atoms with Gasteiger partial charge in [0.05, 0.1) is 11.5 Å². The molecule has 0 bridgehead atoms. The molecule has 2 heterocycles. The Morgan fingerprint density at radius 3 is 1.71 bits per heavy atom. The Balaban J connectivity index is 2.59. The molecule has 82 valence electrons. The van der Waals surface area contributed by atoms with Gasteiger partial charge in [0, 0.05) is 0 Å². The number of sulfone groups is 2. The lowest BCUT2D eigenvalue weighted by Gasteiger charge is -2.31. The van der Waals surface area contributed by atoms with Gasteiger partial charge in [0.25, 0.3) is 0 Å². The van der Waals surface area contributed by atoms with Gasteiger partial charge in [0.15, 0.2) is 23.8 Å². The minimum Gasteiger partial charge on any atom is -0.227 e. The van der Waals surface area contributed by atoms with Crippen LogP contribution in [0.15, 0.2) is 0 Å². The van der Waals surface area contributed by atoms with Crippen molar-refractivity contribution in [3.05, 3.63) is 0 Å². The van der Waals surface area contributed by atoms with Crippen molar-refractivity contribution < 1.29 is 16.8 Å². The lowest BCUT2D eigenvalue weighted by Crippen LogP contribution is -2.46. The first-order valence-corrected chi connectivity index (χ1v) is 8.16. The van der Waals surface area contributed by atoms with E-state index in [-0.39, 0.29) is 11.5 Å². The fraction of sp³-hybridized carbons (Fsp3) is 1.00. The van der Waals surface area contributed by atoms with Crippen LogP contribution >= 0.6 is 0 Å². The van der Waals surface area contributed by atoms with Crippen molar-refractivity contribution in [3.8, 4) is 0 Å². The second-order valence-corrected chi connectivity index (χ2v) is 9.21. The molecule has 6 heteroatoms. The highest BCUT2D eigenvalue weighted by Gasteiger charge is 2.57. The van der Waals surface area contributed by atoms with Crippen LogP contribution in [0.4, 0.5) is 0 Å². The third-order valence-corrected chi connectivity index (χ3v) is 9.58. The molecule has 2 aliphatic rings. The molecule has 0 radical (unpaired) electrons. The third kappa shape index (κ3) is 1.16. The summed E-state index contributed by atoms with van der Waals surface area (Å²) in [6.07, 6.45) is 2.47. The lowest BCUT2D eigenvalue weighted by atomic mass is 10.1. The highest BCUT2D eigenvalue weighted by Crippen LogP contribution is 2.44. The molecule has 2 saturated heterocycles. The van der Waals surface area contributed by atoms with Crippen molar-refractivity contribution in [2.45, 2.75) is 36.2 Å². The van der Waals surface area contributed by atoms with Crippen molar-refractivity contribution in [3.63, 3.8) is 0 Å². The number of rotatable bonds is 0. The smallest absolute Gasteiger partial charge is 0.173 e. The molecule has 1 spiro atoms. The molecule has 0 aliphatic carbocycles. The summed E-state index contributed by atoms with van der Waals surface area (Å²) in [5.41, 5.74) is 0. The molecule has 0 aromatic rings. The summed E-state index contributed by atoms with van der Waals surface area (Å²) < 4.78 is 45.8. The average Bonchev–Trinajstić information content (AvgIpc) is 2.35. The molecule has 0 amide bonds. The molecular formula is C8H14O4S2. The van der Waals surface area contributed by atoms with Gasteiger partial charge in [-0.1, -0.05) is 0 Å². The first-order valence-electron chi connectivity index (χ1n) is 4.86. The monoisotopic (exact) mass is 238 g/mol. The maximum Gasteiger partial charge on any atom is 0.173 e. The van der Waals surface area contributed by atoms with E-state index in [1.165, 1.54) is 0 Å². The predicted molar refractivity (Wildman–Crippen MR) is 53.4 cm³/mol. The van der Waals surface area contributed by atoms with Gasteiger partial charge in [-0.15, -0.1) is 0 Å². The molecular weight excluding hydrogens is 224 g/mol. The SMILES string of the molecule is O=S1(=O)CCCCC12CCCS2(=O)=O. The molecule has 0 aromatic heterocycles. The van der Waals surface area contributed by atoms with E-state index in [1.54, 1.807) is 0 Å². The summed E-state index contributed by atoms with van der Waals surface area (Å²) in [5.74, 6) is 0.0957. The molecule has 2 aliphatic heterocycles. The maximum atomic E-state index is 11.8. The fourth-order valence-corrected chi connectivity index (χ4v) is 8.25. The van der Waals surface area contributed by atoms with Gasteiger partial charge in [-0.05, 0) is 32.1 Å². The summed E-state index contributed by atoms with van der Waals surface area (Å²) >= 11 is 0. The minimum absolute atomic E-state index is 0.0478. The van der Waals surface area contributed by atoms with Crippen LogP contribution in [0, 0.1) is 0 Å². The van der Waals surface area contributed by atoms with Crippen LogP contribution in [0.25, 0.3) is 0 Å². The van der Waals surface area contributed by atoms with E-state index < -0.39 is 23.8 Å². The van der Waals surface area contributed by atoms with E-state index in [0.29, 0.717) is 25.7 Å². The Morgan fingerprint density at radius 1 is 0.714 bits per heavy atom. The van der Waals surface area contributed by atoms with E-state index >= 15 is 0 Å². The number of hydrogen-bond donors (Lipinski definition) is 0. The molecule has 2 fully saturated rings. The highest BCUT2D eigenvalue weighted by molar-refractivity contribution is 8.10. The molecule has 0 aromatic carbocycles. The van der Waals surface area contributed by atoms with Gasteiger partial charge in [-0.3, -0.25) is 0 Å². The topological polar surface area (TPSA) is 68.3 Å². The first kappa shape index (κ1) is 10.4. The van der Waals surface area contributed by atoms with Crippen molar-refractivity contribution >= 4 is 19.7 Å². The summed E-state index contributed by atoms with van der Waals surface area (Å²) in [6.45, 7) is 0. The Labute approximate surface area is 84.5 Å². The van der Waals surface area contributed by atoms with Crippen molar-refractivity contribution in [2.24, 2.45) is 0 Å². The largest absolute Gasteiger partial charge is 0.227 e. The zero-order valence-corrected chi connectivity index (χ0v) is 9.53. The molecule has 0 saturated carbocycles. The van der Waals surface area contributed by atoms with E-state index in [1.807, 2.05) is 0 Å². The molecule has 1 atom stereocenters. The van der Waals surface area contributed by atoms with Gasteiger partial charge >= 0.3 is 0 Å². The van der Waals surface area contributed by atoms with E-state index in [0.717, 1.165) is 6.42 Å². The highest BCUT2D eigenvalue weighted by atomic mass is 32.3. The van der Waals surface area contributed by atoms with E-state index in [2.05, 4.69) is 0 Å². The summed E-state index contributed by atoms with van der Waals surface area (Å²) in [6, 6.07) is 0. The van der Waals surface area contributed by atoms with Crippen LogP contribution in [0.2, 0.25) is 0 Å². The Morgan fingerprint density at radius 2 is 1.21 bits per heavy atom. The summed E-state index contributed by atoms with van der Waals surface area (Å²) in [4.78, 5) is 0. The Bertz CT molecular complexity index is 434. The Kier molecular flexibility index (Phi) is 2.19. The van der Waals surface area contributed by atoms with Gasteiger partial charge in [0.2, 0.25) is 0 Å². The lowest BCUT2D eigenvalue weighted by molar-refractivity contribution is 0.495. The van der Waals surface area contributed by atoms with Crippen LogP contribution in [0.3, 0.4) is 0 Å². The predicted octanol–water partition coefficient (Wildman–Crippen LogP) is 0.490. The van der Waals surface area contributed by atoms with Crippen LogP contribution in [-0.2, 0) is 19.7 Å². The van der Waals surface area contributed by atoms with E-state index in [4.69, 9.17) is 0 Å². The fourth-order valence-electron chi connectivity index (χ4n) is 2.53. The normalized spacial score (nSPS) is 40.0. The zero-order valence-electron chi connectivity index (χ0n) is 7.90. The molecule has 1 unspecified atom stereocenters. The number of hydrogen-bond acceptors (Lipinski definition) is 4. The van der Waals surface area contributed by atoms with Gasteiger partial charge < -0.3 is 0 Å². The molecule has 0 N–H and O–H groups in total. The maximum absolute atomic E-state index is 11.8. The van der Waals surface area contributed by atoms with Crippen LogP contribution < -0.4 is 0 Å². The Hall–Kier alpha value is -0.100. The minimum atomic E-state index is -3.42. The second-order valence-electron chi connectivity index (χ2n) is 4.11. The summed E-state index contributed by atoms with van der Waals surface area (Å²) in [7, 11) is -6.82. The average molecular weight is 238 g/mol. The van der Waals surface area contributed by atoms with Crippen LogP contribution in [0.1, 0.15) is 32.1 Å². The standard InChI is InChI=1S/C8H14O4S2/c9-13(10)6-2-1-4-8(13)5-3-7-14(8,11)12/h1-7H2. The molecule has 2 rings (SSSR count). The summed E-state index contributed by atoms with van der Waals surface area (Å²) in [5, 5.41) is 0. The van der Waals surface area contributed by atoms with Crippen LogP contribution in [0.5, 0.6) is 0 Å². The van der Waals surface area contributed by atoms with Crippen molar-refractivity contribution in [1.29, 1.82) is 0 Å². The molecule has 4 nitrogen and oxygen atoms in total. The second kappa shape index (κ2) is 2.95. The van der Waals surface area contributed by atoms with E-state index in [9.17, 15) is 16.8 Å². The van der Waals surface area contributed by atoms with Gasteiger partial charge in [-0.2, -0.15) is 0 Å². The van der Waals surface area contributed by atoms with Crippen molar-refractivity contribution in [2.75, 3.05) is 11.5 Å². The molecule has 14 heavy (non-hydrogen) atoms.